The van der Waals surface area contributed by atoms with E-state index < -0.39 is 6.10 Å². The van der Waals surface area contributed by atoms with Gasteiger partial charge in [-0.15, -0.1) is 0 Å². The van der Waals surface area contributed by atoms with Crippen LogP contribution in [0.5, 0.6) is 5.75 Å². The Morgan fingerprint density at radius 3 is 3.14 bits per heavy atom. The summed E-state index contributed by atoms with van der Waals surface area (Å²) in [6.07, 6.45) is -0.546. The van der Waals surface area contributed by atoms with Gasteiger partial charge in [-0.05, 0) is 12.1 Å². The van der Waals surface area contributed by atoms with Crippen molar-refractivity contribution in [3.05, 3.63) is 24.3 Å². The molecule has 0 saturated heterocycles. The van der Waals surface area contributed by atoms with Crippen molar-refractivity contribution in [1.29, 1.82) is 0 Å². The number of rotatable bonds is 1. The van der Waals surface area contributed by atoms with Gasteiger partial charge in [0.05, 0.1) is 19.3 Å². The van der Waals surface area contributed by atoms with E-state index in [4.69, 9.17) is 4.74 Å². The second-order valence-electron chi connectivity index (χ2n) is 3.01. The average Bonchev–Trinajstić information content (AvgIpc) is 2.27. The minimum Gasteiger partial charge on any atom is -0.475 e. The van der Waals surface area contributed by atoms with Crippen molar-refractivity contribution in [2.24, 2.45) is 0 Å². The molecule has 74 valence electrons. The number of methoxy groups -OCH3 is 1. The molecule has 0 fully saturated rings. The largest absolute Gasteiger partial charge is 0.475 e. The van der Waals surface area contributed by atoms with Gasteiger partial charge in [0, 0.05) is 0 Å². The molecule has 4 nitrogen and oxygen atoms in total. The lowest BCUT2D eigenvalue weighted by atomic mass is 10.2. The van der Waals surface area contributed by atoms with E-state index in [1.165, 1.54) is 7.11 Å². The summed E-state index contributed by atoms with van der Waals surface area (Å²) in [5.41, 5.74) is 0.910. The van der Waals surface area contributed by atoms with E-state index in [0.717, 1.165) is 5.69 Å². The molecule has 0 aliphatic carbocycles. The van der Waals surface area contributed by atoms with Crippen molar-refractivity contribution in [3.8, 4) is 5.75 Å². The molecule has 0 radical (unpaired) electrons. The fourth-order valence-electron chi connectivity index (χ4n) is 1.38. The minimum absolute atomic E-state index is 0.355. The van der Waals surface area contributed by atoms with Crippen LogP contribution in [-0.2, 0) is 9.53 Å². The number of hydrogen-bond acceptors (Lipinski definition) is 4. The number of hydrogen-bond donors (Lipinski definition) is 1. The molecule has 0 unspecified atom stereocenters. The van der Waals surface area contributed by atoms with Crippen molar-refractivity contribution in [2.45, 2.75) is 6.10 Å². The number of benzene rings is 1. The zero-order valence-electron chi connectivity index (χ0n) is 7.82. The zero-order chi connectivity index (χ0) is 9.97. The van der Waals surface area contributed by atoms with Crippen molar-refractivity contribution >= 4 is 11.7 Å². The predicted molar refractivity (Wildman–Crippen MR) is 51.4 cm³/mol. The minimum atomic E-state index is -0.546. The van der Waals surface area contributed by atoms with Gasteiger partial charge in [-0.1, -0.05) is 12.1 Å². The Kier molecular flexibility index (Phi) is 2.26. The summed E-state index contributed by atoms with van der Waals surface area (Å²) in [5, 5.41) is 3.10. The van der Waals surface area contributed by atoms with E-state index in [1.54, 1.807) is 0 Å². The number of nitrogens with one attached hydrogen (secondary N) is 1. The zero-order valence-corrected chi connectivity index (χ0v) is 7.82. The van der Waals surface area contributed by atoms with Gasteiger partial charge in [-0.2, -0.15) is 0 Å². The molecule has 1 aliphatic rings. The Morgan fingerprint density at radius 1 is 1.57 bits per heavy atom. The fourth-order valence-corrected chi connectivity index (χ4v) is 1.38. The number of carbonyl (C=O) groups is 1. The van der Waals surface area contributed by atoms with Crippen LogP contribution in [-0.4, -0.2) is 25.7 Å². The molecular weight excluding hydrogens is 182 g/mol. The average molecular weight is 193 g/mol. The summed E-state index contributed by atoms with van der Waals surface area (Å²) in [6, 6.07) is 7.49. The monoisotopic (exact) mass is 193 g/mol. The van der Waals surface area contributed by atoms with Crippen LogP contribution in [0.25, 0.3) is 0 Å². The summed E-state index contributed by atoms with van der Waals surface area (Å²) < 4.78 is 10.0. The third kappa shape index (κ3) is 1.51. The molecule has 1 aromatic rings. The van der Waals surface area contributed by atoms with E-state index >= 15 is 0 Å². The first-order valence-corrected chi connectivity index (χ1v) is 4.38. The second-order valence-corrected chi connectivity index (χ2v) is 3.01. The van der Waals surface area contributed by atoms with Crippen molar-refractivity contribution in [3.63, 3.8) is 0 Å². The van der Waals surface area contributed by atoms with Gasteiger partial charge in [-0.25, -0.2) is 4.79 Å². The van der Waals surface area contributed by atoms with Gasteiger partial charge in [-0.3, -0.25) is 0 Å². The lowest BCUT2D eigenvalue weighted by Gasteiger charge is -2.25. The Balaban J connectivity index is 2.17. The van der Waals surface area contributed by atoms with Crippen LogP contribution in [0.15, 0.2) is 24.3 Å². The lowest BCUT2D eigenvalue weighted by Crippen LogP contribution is -2.38. The van der Waals surface area contributed by atoms with Gasteiger partial charge >= 0.3 is 5.97 Å². The van der Waals surface area contributed by atoms with Gasteiger partial charge in [0.15, 0.2) is 0 Å². The first-order valence-electron chi connectivity index (χ1n) is 4.38. The van der Waals surface area contributed by atoms with E-state index in [0.29, 0.717) is 12.3 Å². The van der Waals surface area contributed by atoms with Crippen LogP contribution < -0.4 is 10.1 Å². The third-order valence-corrected chi connectivity index (χ3v) is 2.10. The Hall–Kier alpha value is -1.71. The number of anilines is 1. The highest BCUT2D eigenvalue weighted by Crippen LogP contribution is 2.28. The lowest BCUT2D eigenvalue weighted by molar-refractivity contribution is -0.148. The van der Waals surface area contributed by atoms with Gasteiger partial charge in [0.1, 0.15) is 5.75 Å². The van der Waals surface area contributed by atoms with Crippen molar-refractivity contribution in [2.75, 3.05) is 19.0 Å². The molecule has 0 bridgehead atoms. The Labute approximate surface area is 81.8 Å². The molecule has 1 heterocycles. The highest BCUT2D eigenvalue weighted by Gasteiger charge is 2.25. The molecule has 1 aliphatic heterocycles. The number of para-hydroxylation sites is 2. The molecule has 4 heteroatoms. The van der Waals surface area contributed by atoms with E-state index in [-0.39, 0.29) is 5.97 Å². The van der Waals surface area contributed by atoms with Crippen LogP contribution in [0.4, 0.5) is 5.69 Å². The number of fused-ring (bicyclic) bond motifs is 1. The van der Waals surface area contributed by atoms with Gasteiger partial charge in [0.2, 0.25) is 6.10 Å². The number of carbonyl (C=O) groups excluding carboxylic acids is 1. The van der Waals surface area contributed by atoms with Crippen LogP contribution >= 0.6 is 0 Å². The molecule has 1 atom stereocenters. The Morgan fingerprint density at radius 2 is 2.36 bits per heavy atom. The molecular formula is C10H11NO3. The maximum absolute atomic E-state index is 11.2. The molecule has 1 aromatic carbocycles. The fraction of sp³-hybridized carbons (Fsp3) is 0.300. The number of ether oxygens (including phenoxy) is 2. The van der Waals surface area contributed by atoms with Crippen LogP contribution in [0.2, 0.25) is 0 Å². The normalized spacial score (nSPS) is 18.8. The summed E-state index contributed by atoms with van der Waals surface area (Å²) in [4.78, 5) is 11.2. The molecule has 2 rings (SSSR count). The summed E-state index contributed by atoms with van der Waals surface area (Å²) in [6.45, 7) is 0.448. The summed E-state index contributed by atoms with van der Waals surface area (Å²) in [7, 11) is 1.35. The first-order chi connectivity index (χ1) is 6.81. The topological polar surface area (TPSA) is 47.6 Å². The van der Waals surface area contributed by atoms with E-state index in [2.05, 4.69) is 10.1 Å². The highest BCUT2D eigenvalue weighted by molar-refractivity contribution is 5.77. The molecule has 14 heavy (non-hydrogen) atoms. The van der Waals surface area contributed by atoms with Crippen LogP contribution in [0, 0.1) is 0 Å². The Bertz CT molecular complexity index is 351. The smallest absolute Gasteiger partial charge is 0.348 e. The molecule has 0 amide bonds. The predicted octanol–water partition coefficient (Wildman–Crippen LogP) is 1.03. The molecule has 0 saturated carbocycles. The summed E-state index contributed by atoms with van der Waals surface area (Å²) >= 11 is 0. The summed E-state index contributed by atoms with van der Waals surface area (Å²) in [5.74, 6) is 0.334. The molecule has 1 N–H and O–H groups in total. The van der Waals surface area contributed by atoms with Gasteiger partial charge in [0.25, 0.3) is 0 Å². The maximum atomic E-state index is 11.2. The van der Waals surface area contributed by atoms with Crippen LogP contribution in [0.3, 0.4) is 0 Å². The quantitative estimate of drug-likeness (QED) is 0.677. The van der Waals surface area contributed by atoms with Gasteiger partial charge < -0.3 is 14.8 Å². The third-order valence-electron chi connectivity index (χ3n) is 2.10. The first kappa shape index (κ1) is 8.87. The highest BCUT2D eigenvalue weighted by atomic mass is 16.6. The second kappa shape index (κ2) is 3.57. The SMILES string of the molecule is COC(=O)[C@H]1CNc2ccccc2O1. The van der Waals surface area contributed by atoms with Crippen LogP contribution in [0.1, 0.15) is 0 Å². The van der Waals surface area contributed by atoms with E-state index in [1.807, 2.05) is 24.3 Å². The molecule has 0 spiro atoms. The van der Waals surface area contributed by atoms with Crippen molar-refractivity contribution in [1.82, 2.24) is 0 Å². The van der Waals surface area contributed by atoms with E-state index in [9.17, 15) is 4.79 Å². The van der Waals surface area contributed by atoms with Crippen molar-refractivity contribution < 1.29 is 14.3 Å². The maximum Gasteiger partial charge on any atom is 0.348 e. The molecule has 0 aromatic heterocycles. The number of esters is 1. The standard InChI is InChI=1S/C10H11NO3/c1-13-10(12)9-6-11-7-4-2-3-5-8(7)14-9/h2-5,9,11H,6H2,1H3/t9-/m1/s1.